The molecule has 0 atom stereocenters. The third kappa shape index (κ3) is 3.16. The fourth-order valence-corrected chi connectivity index (χ4v) is 1.74. The molecule has 6 heteroatoms. The molecule has 0 spiro atoms. The van der Waals surface area contributed by atoms with E-state index < -0.39 is 6.61 Å². The van der Waals surface area contributed by atoms with Crippen molar-refractivity contribution in [1.82, 2.24) is 0 Å². The number of ether oxygens (including phenoxy) is 1. The molecule has 0 bridgehead atoms. The Kier molecular flexibility index (Phi) is 4.23. The van der Waals surface area contributed by atoms with Crippen molar-refractivity contribution >= 4 is 27.5 Å². The second-order valence-corrected chi connectivity index (χ2v) is 3.96. The van der Waals surface area contributed by atoms with Gasteiger partial charge in [-0.05, 0) is 35.0 Å². The minimum absolute atomic E-state index is 0.0289. The van der Waals surface area contributed by atoms with Crippen LogP contribution in [0.3, 0.4) is 0 Å². The third-order valence-electron chi connectivity index (χ3n) is 1.88. The van der Waals surface area contributed by atoms with Crippen LogP contribution < -0.4 is 10.1 Å². The molecule has 0 fully saturated rings. The molecule has 1 aromatic rings. The largest absolute Gasteiger partial charge is 0.433 e. The van der Waals surface area contributed by atoms with Gasteiger partial charge in [0.05, 0.1) is 4.47 Å². The van der Waals surface area contributed by atoms with Crippen molar-refractivity contribution in [1.29, 1.82) is 0 Å². The number of anilines is 1. The van der Waals surface area contributed by atoms with Crippen LogP contribution in [0.1, 0.15) is 12.5 Å². The maximum Gasteiger partial charge on any atom is 0.387 e. The summed E-state index contributed by atoms with van der Waals surface area (Å²) in [6.45, 7) is 0.0330. The first-order chi connectivity index (χ1) is 7.41. The van der Waals surface area contributed by atoms with Gasteiger partial charge in [-0.2, -0.15) is 8.78 Å². The van der Waals surface area contributed by atoms with Gasteiger partial charge in [0.25, 0.3) is 0 Å². The van der Waals surface area contributed by atoms with Crippen LogP contribution in [0.4, 0.5) is 14.5 Å². The average molecular weight is 294 g/mol. The number of halogens is 3. The van der Waals surface area contributed by atoms with Crippen molar-refractivity contribution in [2.75, 3.05) is 5.32 Å². The molecule has 0 aliphatic carbocycles. The summed E-state index contributed by atoms with van der Waals surface area (Å²) in [5.74, 6) is -0.241. The summed E-state index contributed by atoms with van der Waals surface area (Å²) in [6, 6.07) is 3.15. The molecule has 1 N–H and O–H groups in total. The van der Waals surface area contributed by atoms with Gasteiger partial charge in [0, 0.05) is 18.2 Å². The Balaban J connectivity index is 3.10. The highest BCUT2D eigenvalue weighted by molar-refractivity contribution is 9.10. The smallest absolute Gasteiger partial charge is 0.387 e. The number of carbonyl (C=O) groups is 1. The van der Waals surface area contributed by atoms with Gasteiger partial charge in [0.15, 0.2) is 0 Å². The summed E-state index contributed by atoms with van der Waals surface area (Å²) in [4.78, 5) is 10.9. The molecule has 88 valence electrons. The first kappa shape index (κ1) is 12.9. The lowest BCUT2D eigenvalue weighted by Gasteiger charge is -2.13. The fraction of sp³-hybridized carbons (Fsp3) is 0.300. The third-order valence-corrected chi connectivity index (χ3v) is 2.50. The molecule has 0 aliphatic rings. The number of alkyl halides is 2. The second kappa shape index (κ2) is 5.25. The molecule has 0 aromatic heterocycles. The van der Waals surface area contributed by atoms with E-state index in [1.807, 2.05) is 0 Å². The molecule has 1 aromatic carbocycles. The maximum atomic E-state index is 12.1. The number of carbonyl (C=O) groups excluding carboxylic acids is 1. The highest BCUT2D eigenvalue weighted by atomic mass is 79.9. The topological polar surface area (TPSA) is 38.3 Å². The molecule has 1 amide bonds. The van der Waals surface area contributed by atoms with E-state index in [0.29, 0.717) is 15.7 Å². The minimum atomic E-state index is -2.90. The number of hydrogen-bond donors (Lipinski definition) is 1. The van der Waals surface area contributed by atoms with Gasteiger partial charge in [-0.3, -0.25) is 4.79 Å². The summed E-state index contributed by atoms with van der Waals surface area (Å²) in [6.07, 6.45) is 0. The fourth-order valence-electron chi connectivity index (χ4n) is 1.22. The lowest BCUT2D eigenvalue weighted by Crippen LogP contribution is -2.09. The van der Waals surface area contributed by atoms with E-state index in [4.69, 9.17) is 0 Å². The molecule has 3 nitrogen and oxygen atoms in total. The normalized spacial score (nSPS) is 10.4. The monoisotopic (exact) mass is 293 g/mol. The Morgan fingerprint density at radius 3 is 2.62 bits per heavy atom. The van der Waals surface area contributed by atoms with E-state index in [0.717, 1.165) is 0 Å². The van der Waals surface area contributed by atoms with Crippen molar-refractivity contribution < 1.29 is 18.3 Å². The summed E-state index contributed by atoms with van der Waals surface area (Å²) in [5.41, 5.74) is 0.899. The van der Waals surface area contributed by atoms with Gasteiger partial charge in [-0.1, -0.05) is 0 Å². The maximum absolute atomic E-state index is 12.1. The number of hydrogen-bond acceptors (Lipinski definition) is 2. The Morgan fingerprint density at radius 1 is 1.50 bits per heavy atom. The van der Waals surface area contributed by atoms with Gasteiger partial charge in [-0.15, -0.1) is 0 Å². The van der Waals surface area contributed by atoms with Gasteiger partial charge < -0.3 is 10.1 Å². The first-order valence-corrected chi connectivity index (χ1v) is 5.22. The molecule has 16 heavy (non-hydrogen) atoms. The summed E-state index contributed by atoms with van der Waals surface area (Å²) in [5, 5.41) is 2.53. The van der Waals surface area contributed by atoms with Crippen molar-refractivity contribution in [3.8, 4) is 5.75 Å². The molecular formula is C10H10BrF2NO2. The van der Waals surface area contributed by atoms with Crippen LogP contribution in [0.5, 0.6) is 5.75 Å². The summed E-state index contributed by atoms with van der Waals surface area (Å²) in [7, 11) is 0. The van der Waals surface area contributed by atoms with Crippen molar-refractivity contribution in [2.45, 2.75) is 20.5 Å². The standard InChI is InChI=1S/C10H10BrF2NO2/c1-5-8(14-6(2)15)4-3-7(11)9(5)16-10(12)13/h3-4,10H,1-2H3,(H,14,15). The van der Waals surface area contributed by atoms with Crippen molar-refractivity contribution in [3.05, 3.63) is 22.2 Å². The number of nitrogens with one attached hydrogen (secondary N) is 1. The minimum Gasteiger partial charge on any atom is -0.433 e. The predicted molar refractivity (Wildman–Crippen MR) is 59.8 cm³/mol. The van der Waals surface area contributed by atoms with Gasteiger partial charge in [-0.25, -0.2) is 0 Å². The zero-order valence-electron chi connectivity index (χ0n) is 8.68. The lowest BCUT2D eigenvalue weighted by molar-refractivity contribution is -0.114. The lowest BCUT2D eigenvalue weighted by atomic mass is 10.2. The van der Waals surface area contributed by atoms with Crippen LogP contribution in [-0.2, 0) is 4.79 Å². The predicted octanol–water partition coefficient (Wildman–Crippen LogP) is 3.32. The first-order valence-electron chi connectivity index (χ1n) is 4.43. The summed E-state index contributed by atoms with van der Waals surface area (Å²) >= 11 is 3.10. The Hall–Kier alpha value is -1.17. The average Bonchev–Trinajstić information content (AvgIpc) is 2.16. The molecule has 0 saturated carbocycles. The molecule has 0 radical (unpaired) electrons. The zero-order valence-corrected chi connectivity index (χ0v) is 10.3. The zero-order chi connectivity index (χ0) is 12.3. The Morgan fingerprint density at radius 2 is 2.12 bits per heavy atom. The van der Waals surface area contributed by atoms with Crippen molar-refractivity contribution in [3.63, 3.8) is 0 Å². The SMILES string of the molecule is CC(=O)Nc1ccc(Br)c(OC(F)F)c1C. The van der Waals surface area contributed by atoms with E-state index in [1.165, 1.54) is 13.0 Å². The van der Waals surface area contributed by atoms with Crippen LogP contribution in [0.25, 0.3) is 0 Å². The molecular weight excluding hydrogens is 284 g/mol. The molecule has 0 saturated heterocycles. The molecule has 1 rings (SSSR count). The van der Waals surface area contributed by atoms with Crippen LogP contribution >= 0.6 is 15.9 Å². The van der Waals surface area contributed by atoms with Crippen LogP contribution in [0, 0.1) is 6.92 Å². The van der Waals surface area contributed by atoms with E-state index >= 15 is 0 Å². The van der Waals surface area contributed by atoms with Crippen LogP contribution in [0.15, 0.2) is 16.6 Å². The van der Waals surface area contributed by atoms with Crippen LogP contribution in [0.2, 0.25) is 0 Å². The van der Waals surface area contributed by atoms with E-state index in [2.05, 4.69) is 26.0 Å². The number of rotatable bonds is 3. The highest BCUT2D eigenvalue weighted by Gasteiger charge is 2.14. The van der Waals surface area contributed by atoms with Gasteiger partial charge >= 0.3 is 6.61 Å². The molecule has 0 unspecified atom stereocenters. The second-order valence-electron chi connectivity index (χ2n) is 3.11. The van der Waals surface area contributed by atoms with Crippen LogP contribution in [-0.4, -0.2) is 12.5 Å². The number of benzene rings is 1. The number of amides is 1. The van der Waals surface area contributed by atoms with Gasteiger partial charge in [0.1, 0.15) is 5.75 Å². The van der Waals surface area contributed by atoms with Gasteiger partial charge in [0.2, 0.25) is 5.91 Å². The Labute approximate surface area is 99.9 Å². The van der Waals surface area contributed by atoms with Crippen molar-refractivity contribution in [2.24, 2.45) is 0 Å². The van der Waals surface area contributed by atoms with E-state index in [-0.39, 0.29) is 11.7 Å². The molecule has 0 heterocycles. The molecule has 0 aliphatic heterocycles. The quantitative estimate of drug-likeness (QED) is 0.928. The van der Waals surface area contributed by atoms with E-state index in [9.17, 15) is 13.6 Å². The summed E-state index contributed by atoms with van der Waals surface area (Å²) < 4.78 is 29.1. The van der Waals surface area contributed by atoms with E-state index in [1.54, 1.807) is 13.0 Å². The highest BCUT2D eigenvalue weighted by Crippen LogP contribution is 2.34. The Bertz CT molecular complexity index is 410.